The van der Waals surface area contributed by atoms with E-state index in [4.69, 9.17) is 0 Å². The maximum atomic E-state index is 13.0. The molecule has 1 unspecified atom stereocenters. The molecule has 2 aromatic carbocycles. The number of fused-ring (bicyclic) bond motifs is 1. The zero-order valence-corrected chi connectivity index (χ0v) is 16.1. The first-order valence-corrected chi connectivity index (χ1v) is 9.36. The molecule has 0 aliphatic carbocycles. The second-order valence-corrected chi connectivity index (χ2v) is 6.97. The molecule has 1 atom stereocenters. The summed E-state index contributed by atoms with van der Waals surface area (Å²) in [5, 5.41) is 2.83. The molecule has 9 heteroatoms. The summed E-state index contributed by atoms with van der Waals surface area (Å²) in [4.78, 5) is 31.9. The zero-order valence-electron chi connectivity index (χ0n) is 16.1. The number of halogens is 3. The highest BCUT2D eigenvalue weighted by molar-refractivity contribution is 5.78. The third-order valence-corrected chi connectivity index (χ3v) is 4.84. The van der Waals surface area contributed by atoms with Crippen molar-refractivity contribution in [3.63, 3.8) is 0 Å². The number of H-pyrrole nitrogens is 1. The van der Waals surface area contributed by atoms with E-state index in [-0.39, 0.29) is 0 Å². The second-order valence-electron chi connectivity index (χ2n) is 6.97. The van der Waals surface area contributed by atoms with Crippen LogP contribution in [0.4, 0.5) is 13.2 Å². The fourth-order valence-electron chi connectivity index (χ4n) is 3.32. The Morgan fingerprint density at radius 3 is 2.58 bits per heavy atom. The standard InChI is InChI=1S/C22H17F3N4O2/c23-22(24,25)16-7-9-20(31)29(11-16)12-19(30)28-21(14-4-2-1-3-5-14)15-6-8-17-18(10-15)27-13-26-17/h1-11,13,21H,12H2,(H,26,27)(H,28,30). The third-order valence-electron chi connectivity index (χ3n) is 4.84. The highest BCUT2D eigenvalue weighted by Gasteiger charge is 2.31. The van der Waals surface area contributed by atoms with Crippen molar-refractivity contribution in [1.82, 2.24) is 19.9 Å². The first-order chi connectivity index (χ1) is 14.8. The molecule has 6 nitrogen and oxygen atoms in total. The molecule has 4 aromatic rings. The van der Waals surface area contributed by atoms with Gasteiger partial charge in [0.15, 0.2) is 0 Å². The number of carbonyl (C=O) groups excluding carboxylic acids is 1. The molecule has 0 saturated heterocycles. The molecule has 2 heterocycles. The van der Waals surface area contributed by atoms with E-state index in [9.17, 15) is 22.8 Å². The summed E-state index contributed by atoms with van der Waals surface area (Å²) in [7, 11) is 0. The van der Waals surface area contributed by atoms with Crippen molar-refractivity contribution in [3.8, 4) is 0 Å². The average Bonchev–Trinajstić information content (AvgIpc) is 3.21. The molecule has 0 radical (unpaired) electrons. The number of nitrogens with zero attached hydrogens (tertiary/aromatic N) is 2. The monoisotopic (exact) mass is 426 g/mol. The number of benzene rings is 2. The first kappa shape index (κ1) is 20.4. The Hall–Kier alpha value is -3.88. The summed E-state index contributed by atoms with van der Waals surface area (Å²) in [6.45, 7) is -0.543. The minimum Gasteiger partial charge on any atom is -0.345 e. The number of carbonyl (C=O) groups is 1. The molecule has 4 rings (SSSR count). The number of nitrogens with one attached hydrogen (secondary N) is 2. The van der Waals surface area contributed by atoms with Gasteiger partial charge in [0.1, 0.15) is 6.54 Å². The molecule has 0 bridgehead atoms. The van der Waals surface area contributed by atoms with Gasteiger partial charge in [-0.2, -0.15) is 13.2 Å². The van der Waals surface area contributed by atoms with Crippen molar-refractivity contribution in [2.24, 2.45) is 0 Å². The van der Waals surface area contributed by atoms with Crippen LogP contribution in [0.15, 0.2) is 78.0 Å². The van der Waals surface area contributed by atoms with Gasteiger partial charge in [0.2, 0.25) is 5.91 Å². The fraction of sp³-hybridized carbons (Fsp3) is 0.136. The molecular formula is C22H17F3N4O2. The van der Waals surface area contributed by atoms with E-state index in [1.165, 1.54) is 0 Å². The van der Waals surface area contributed by atoms with E-state index in [1.54, 1.807) is 12.4 Å². The quantitative estimate of drug-likeness (QED) is 0.511. The number of imidazole rings is 1. The molecule has 0 saturated carbocycles. The topological polar surface area (TPSA) is 79.8 Å². The van der Waals surface area contributed by atoms with Gasteiger partial charge in [0, 0.05) is 12.3 Å². The van der Waals surface area contributed by atoms with Crippen molar-refractivity contribution in [2.75, 3.05) is 0 Å². The predicted octanol–water partition coefficient (Wildman–Crippen LogP) is 3.65. The van der Waals surface area contributed by atoms with Crippen molar-refractivity contribution in [1.29, 1.82) is 0 Å². The number of hydrogen-bond acceptors (Lipinski definition) is 3. The maximum Gasteiger partial charge on any atom is 0.417 e. The van der Waals surface area contributed by atoms with E-state index < -0.39 is 35.8 Å². The Balaban J connectivity index is 1.63. The number of alkyl halides is 3. The van der Waals surface area contributed by atoms with Crippen LogP contribution in [-0.2, 0) is 17.5 Å². The van der Waals surface area contributed by atoms with Crippen LogP contribution in [0.1, 0.15) is 22.7 Å². The number of hydrogen-bond donors (Lipinski definition) is 2. The summed E-state index contributed by atoms with van der Waals surface area (Å²) < 4.78 is 39.6. The van der Waals surface area contributed by atoms with Crippen molar-refractivity contribution >= 4 is 16.9 Å². The molecule has 0 fully saturated rings. The van der Waals surface area contributed by atoms with Gasteiger partial charge in [0.25, 0.3) is 5.56 Å². The van der Waals surface area contributed by atoms with Crippen molar-refractivity contribution in [2.45, 2.75) is 18.8 Å². The predicted molar refractivity (Wildman–Crippen MR) is 108 cm³/mol. The maximum absolute atomic E-state index is 13.0. The van der Waals surface area contributed by atoms with E-state index in [1.807, 2.05) is 42.5 Å². The molecular weight excluding hydrogens is 409 g/mol. The van der Waals surface area contributed by atoms with Crippen LogP contribution in [0.25, 0.3) is 11.0 Å². The van der Waals surface area contributed by atoms with Crippen LogP contribution in [0, 0.1) is 0 Å². The van der Waals surface area contributed by atoms with Crippen molar-refractivity contribution in [3.05, 3.63) is 100 Å². The first-order valence-electron chi connectivity index (χ1n) is 9.36. The van der Waals surface area contributed by atoms with Gasteiger partial charge < -0.3 is 14.9 Å². The minimum atomic E-state index is -4.61. The largest absolute Gasteiger partial charge is 0.417 e. The minimum absolute atomic E-state index is 0.543. The Kier molecular flexibility index (Phi) is 5.33. The number of rotatable bonds is 5. The Labute approximate surface area is 174 Å². The van der Waals surface area contributed by atoms with Crippen LogP contribution in [-0.4, -0.2) is 20.4 Å². The van der Waals surface area contributed by atoms with Gasteiger partial charge in [-0.05, 0) is 29.3 Å². The Morgan fingerprint density at radius 1 is 1.06 bits per heavy atom. The van der Waals surface area contributed by atoms with Crippen LogP contribution >= 0.6 is 0 Å². The SMILES string of the molecule is O=C(Cn1cc(C(F)(F)F)ccc1=O)NC(c1ccccc1)c1ccc2nc[nH]c2c1. The molecule has 0 spiro atoms. The van der Waals surface area contributed by atoms with Crippen molar-refractivity contribution < 1.29 is 18.0 Å². The summed E-state index contributed by atoms with van der Waals surface area (Å²) in [5.74, 6) is -0.597. The highest BCUT2D eigenvalue weighted by Crippen LogP contribution is 2.28. The normalized spacial score (nSPS) is 12.6. The molecule has 31 heavy (non-hydrogen) atoms. The van der Waals surface area contributed by atoms with Gasteiger partial charge in [0.05, 0.1) is 29.0 Å². The van der Waals surface area contributed by atoms with E-state index in [2.05, 4.69) is 15.3 Å². The van der Waals surface area contributed by atoms with Gasteiger partial charge in [-0.25, -0.2) is 4.98 Å². The Bertz CT molecular complexity index is 1280. The van der Waals surface area contributed by atoms with Crippen LogP contribution in [0.5, 0.6) is 0 Å². The van der Waals surface area contributed by atoms with E-state index in [0.29, 0.717) is 12.3 Å². The Morgan fingerprint density at radius 2 is 1.84 bits per heavy atom. The number of aromatic nitrogens is 3. The smallest absolute Gasteiger partial charge is 0.345 e. The lowest BCUT2D eigenvalue weighted by molar-refractivity contribution is -0.138. The lowest BCUT2D eigenvalue weighted by Gasteiger charge is -2.20. The molecule has 0 aliphatic heterocycles. The fourth-order valence-corrected chi connectivity index (χ4v) is 3.32. The van der Waals surface area contributed by atoms with Gasteiger partial charge in [-0.1, -0.05) is 36.4 Å². The summed E-state index contributed by atoms with van der Waals surface area (Å²) in [6, 6.07) is 15.5. The molecule has 2 N–H and O–H groups in total. The van der Waals surface area contributed by atoms with E-state index >= 15 is 0 Å². The van der Waals surface area contributed by atoms with Crippen LogP contribution in [0.2, 0.25) is 0 Å². The lowest BCUT2D eigenvalue weighted by Crippen LogP contribution is -2.35. The van der Waals surface area contributed by atoms with Gasteiger partial charge in [-0.3, -0.25) is 9.59 Å². The summed E-state index contributed by atoms with van der Waals surface area (Å²) in [5.41, 5.74) is 1.39. The van der Waals surface area contributed by atoms with Crippen LogP contribution < -0.4 is 10.9 Å². The number of amides is 1. The second kappa shape index (κ2) is 8.10. The van der Waals surface area contributed by atoms with E-state index in [0.717, 1.165) is 32.8 Å². The highest BCUT2D eigenvalue weighted by atomic mass is 19.4. The third kappa shape index (κ3) is 4.50. The van der Waals surface area contributed by atoms with Crippen LogP contribution in [0.3, 0.4) is 0 Å². The zero-order chi connectivity index (χ0) is 22.0. The summed E-state index contributed by atoms with van der Waals surface area (Å²) >= 11 is 0. The lowest BCUT2D eigenvalue weighted by atomic mass is 9.98. The molecule has 1 amide bonds. The summed E-state index contributed by atoms with van der Waals surface area (Å²) in [6.07, 6.45) is -2.40. The average molecular weight is 426 g/mol. The number of aromatic amines is 1. The number of pyridine rings is 1. The molecule has 2 aromatic heterocycles. The van der Waals surface area contributed by atoms with Gasteiger partial charge >= 0.3 is 6.18 Å². The molecule has 158 valence electrons. The van der Waals surface area contributed by atoms with Gasteiger partial charge in [-0.15, -0.1) is 0 Å². The molecule has 0 aliphatic rings.